The maximum Gasteiger partial charge on any atom is 0.234 e. The molecule has 19 heavy (non-hydrogen) atoms. The van der Waals surface area contributed by atoms with Crippen LogP contribution in [0.2, 0.25) is 0 Å². The van der Waals surface area contributed by atoms with Crippen LogP contribution < -0.4 is 5.32 Å². The molecule has 0 aliphatic heterocycles. The van der Waals surface area contributed by atoms with E-state index in [1.165, 1.54) is 0 Å². The number of carbonyl (C=O) groups is 1. The number of nitrogens with one attached hydrogen (secondary N) is 1. The van der Waals surface area contributed by atoms with E-state index in [0.29, 0.717) is 5.89 Å². The second-order valence-corrected chi connectivity index (χ2v) is 4.92. The number of fused-ring (bicyclic) bond motifs is 1. The smallest absolute Gasteiger partial charge is 0.234 e. The average molecular weight is 257 g/mol. The van der Waals surface area contributed by atoms with Crippen LogP contribution in [0.15, 0.2) is 22.6 Å². The molecule has 0 aliphatic carbocycles. The molecule has 2 aromatic rings. The number of hydrogen-bond donors (Lipinski definition) is 1. The summed E-state index contributed by atoms with van der Waals surface area (Å²) >= 11 is 0. The van der Waals surface area contributed by atoms with E-state index in [-0.39, 0.29) is 12.3 Å². The summed E-state index contributed by atoms with van der Waals surface area (Å²) in [6.45, 7) is 5.56. The van der Waals surface area contributed by atoms with Crippen LogP contribution >= 0.6 is 0 Å². The zero-order valence-corrected chi connectivity index (χ0v) is 11.2. The van der Waals surface area contributed by atoms with E-state index in [4.69, 9.17) is 9.68 Å². The van der Waals surface area contributed by atoms with Crippen molar-refractivity contribution in [1.29, 1.82) is 5.26 Å². The Labute approximate surface area is 111 Å². The van der Waals surface area contributed by atoms with Crippen molar-refractivity contribution in [2.45, 2.75) is 32.7 Å². The molecular weight excluding hydrogens is 242 g/mol. The molecular formula is C14H15N3O2. The first-order valence-corrected chi connectivity index (χ1v) is 5.98. The van der Waals surface area contributed by atoms with Crippen molar-refractivity contribution in [1.82, 2.24) is 10.3 Å². The molecule has 98 valence electrons. The molecule has 0 saturated heterocycles. The van der Waals surface area contributed by atoms with Gasteiger partial charge in [0.25, 0.3) is 0 Å². The normalized spacial score (nSPS) is 11.3. The highest BCUT2D eigenvalue weighted by atomic mass is 16.3. The van der Waals surface area contributed by atoms with Gasteiger partial charge in [-0.15, -0.1) is 0 Å². The second kappa shape index (κ2) is 4.73. The van der Waals surface area contributed by atoms with Gasteiger partial charge in [-0.25, -0.2) is 4.98 Å². The molecule has 1 aromatic carbocycles. The van der Waals surface area contributed by atoms with Gasteiger partial charge in [0.15, 0.2) is 11.5 Å². The lowest BCUT2D eigenvalue weighted by atomic mass is 9.94. The number of benzene rings is 1. The lowest BCUT2D eigenvalue weighted by Crippen LogP contribution is -2.40. The number of rotatable bonds is 3. The molecule has 0 fully saturated rings. The fourth-order valence-corrected chi connectivity index (χ4v) is 1.97. The Hall–Kier alpha value is -2.35. The minimum atomic E-state index is -0.561. The van der Waals surface area contributed by atoms with E-state index >= 15 is 0 Å². The second-order valence-electron chi connectivity index (χ2n) is 4.92. The van der Waals surface area contributed by atoms with Gasteiger partial charge in [0.05, 0.1) is 11.6 Å². The van der Waals surface area contributed by atoms with Crippen LogP contribution in [0.4, 0.5) is 0 Å². The highest BCUT2D eigenvalue weighted by Crippen LogP contribution is 2.25. The number of carbonyl (C=O) groups excluding carboxylic acids is 1. The summed E-state index contributed by atoms with van der Waals surface area (Å²) in [6.07, 6.45) is -0.144. The first kappa shape index (κ1) is 13.1. The van der Waals surface area contributed by atoms with Gasteiger partial charge in [0, 0.05) is 6.92 Å². The van der Waals surface area contributed by atoms with Gasteiger partial charge in [-0.1, -0.05) is 6.07 Å². The molecule has 1 heterocycles. The lowest BCUT2D eigenvalue weighted by Gasteiger charge is -2.26. The van der Waals surface area contributed by atoms with Gasteiger partial charge >= 0.3 is 0 Å². The minimum Gasteiger partial charge on any atom is -0.441 e. The molecule has 1 N–H and O–H groups in total. The number of aromatic nitrogens is 1. The number of aryl methyl sites for hydroxylation is 1. The molecule has 5 nitrogen and oxygen atoms in total. The molecule has 0 atom stereocenters. The Balaban J connectivity index is 2.31. The van der Waals surface area contributed by atoms with Gasteiger partial charge in [-0.05, 0) is 31.5 Å². The third-order valence-corrected chi connectivity index (χ3v) is 2.91. The molecule has 0 unspecified atom stereocenters. The molecule has 5 heteroatoms. The minimum absolute atomic E-state index is 0.144. The third kappa shape index (κ3) is 2.74. The van der Waals surface area contributed by atoms with Crippen molar-refractivity contribution in [3.8, 4) is 6.07 Å². The van der Waals surface area contributed by atoms with Gasteiger partial charge in [-0.3, -0.25) is 4.79 Å². The number of oxazole rings is 1. The first-order chi connectivity index (χ1) is 8.92. The summed E-state index contributed by atoms with van der Waals surface area (Å²) in [5.41, 5.74) is 1.84. The summed E-state index contributed by atoms with van der Waals surface area (Å²) in [4.78, 5) is 15.8. The van der Waals surface area contributed by atoms with Crippen molar-refractivity contribution in [2.75, 3.05) is 0 Å². The molecule has 1 amide bonds. The maximum atomic E-state index is 11.5. The molecule has 0 aliphatic rings. The predicted octanol–water partition coefficient (Wildman–Crippen LogP) is 2.40. The van der Waals surface area contributed by atoms with Crippen LogP contribution in [0.1, 0.15) is 31.7 Å². The fraction of sp³-hybridized carbons (Fsp3) is 0.357. The van der Waals surface area contributed by atoms with Crippen molar-refractivity contribution < 1.29 is 9.21 Å². The monoisotopic (exact) mass is 257 g/mol. The highest BCUT2D eigenvalue weighted by molar-refractivity contribution is 5.79. The molecule has 0 spiro atoms. The van der Waals surface area contributed by atoms with E-state index in [1.54, 1.807) is 6.92 Å². The lowest BCUT2D eigenvalue weighted by molar-refractivity contribution is -0.121. The van der Waals surface area contributed by atoms with E-state index in [1.807, 2.05) is 38.1 Å². The quantitative estimate of drug-likeness (QED) is 0.915. The van der Waals surface area contributed by atoms with Crippen molar-refractivity contribution in [3.05, 3.63) is 29.7 Å². The summed E-state index contributed by atoms with van der Waals surface area (Å²) in [5, 5.41) is 11.3. The predicted molar refractivity (Wildman–Crippen MR) is 70.1 cm³/mol. The van der Waals surface area contributed by atoms with Crippen molar-refractivity contribution in [2.24, 2.45) is 0 Å². The van der Waals surface area contributed by atoms with Crippen molar-refractivity contribution >= 4 is 17.0 Å². The summed E-state index contributed by atoms with van der Waals surface area (Å²) < 4.78 is 5.41. The zero-order chi connectivity index (χ0) is 14.0. The highest BCUT2D eigenvalue weighted by Gasteiger charge is 2.23. The Bertz CT molecular complexity index is 665. The van der Waals surface area contributed by atoms with E-state index < -0.39 is 5.54 Å². The largest absolute Gasteiger partial charge is 0.441 e. The Kier molecular flexibility index (Phi) is 3.26. The fourth-order valence-electron chi connectivity index (χ4n) is 1.97. The topological polar surface area (TPSA) is 78.9 Å². The van der Waals surface area contributed by atoms with Crippen LogP contribution in [-0.2, 0) is 10.3 Å². The average Bonchev–Trinajstić information content (AvgIpc) is 2.67. The summed E-state index contributed by atoms with van der Waals surface area (Å²) in [5.74, 6) is 0.322. The number of amides is 1. The van der Waals surface area contributed by atoms with E-state index in [0.717, 1.165) is 16.7 Å². The van der Waals surface area contributed by atoms with Crippen LogP contribution in [0.3, 0.4) is 0 Å². The Morgan fingerprint density at radius 2 is 2.26 bits per heavy atom. The molecule has 2 rings (SSSR count). The van der Waals surface area contributed by atoms with E-state index in [2.05, 4.69) is 10.3 Å². The zero-order valence-electron chi connectivity index (χ0n) is 11.2. The molecule has 0 bridgehead atoms. The van der Waals surface area contributed by atoms with Crippen LogP contribution in [0.25, 0.3) is 11.1 Å². The molecule has 1 aromatic heterocycles. The number of nitrogens with zero attached hydrogens (tertiary/aromatic N) is 2. The summed E-state index contributed by atoms with van der Waals surface area (Å²) in [7, 11) is 0. The van der Waals surface area contributed by atoms with Crippen LogP contribution in [-0.4, -0.2) is 10.9 Å². The number of hydrogen-bond acceptors (Lipinski definition) is 4. The SMILES string of the molecule is Cc1nc2cc(C(C)(C)NC(=O)CC#N)ccc2o1. The van der Waals surface area contributed by atoms with Crippen molar-refractivity contribution in [3.63, 3.8) is 0 Å². The number of nitriles is 1. The van der Waals surface area contributed by atoms with Crippen LogP contribution in [0.5, 0.6) is 0 Å². The standard InChI is InChI=1S/C14H15N3O2/c1-9-16-11-8-10(4-5-12(11)19-9)14(2,3)17-13(18)6-7-15/h4-5,8H,6H2,1-3H3,(H,17,18). The van der Waals surface area contributed by atoms with Crippen LogP contribution in [0, 0.1) is 18.3 Å². The third-order valence-electron chi connectivity index (χ3n) is 2.91. The van der Waals surface area contributed by atoms with Gasteiger partial charge in [-0.2, -0.15) is 5.26 Å². The van der Waals surface area contributed by atoms with Gasteiger partial charge < -0.3 is 9.73 Å². The van der Waals surface area contributed by atoms with Gasteiger partial charge in [0.2, 0.25) is 5.91 Å². The molecule has 0 saturated carbocycles. The maximum absolute atomic E-state index is 11.5. The Morgan fingerprint density at radius 3 is 2.95 bits per heavy atom. The van der Waals surface area contributed by atoms with E-state index in [9.17, 15) is 4.79 Å². The van der Waals surface area contributed by atoms with Gasteiger partial charge in [0.1, 0.15) is 11.9 Å². The summed E-state index contributed by atoms with van der Waals surface area (Å²) in [6, 6.07) is 7.45. The molecule has 0 radical (unpaired) electrons. The first-order valence-electron chi connectivity index (χ1n) is 5.98. The Morgan fingerprint density at radius 1 is 1.53 bits per heavy atom.